The molecule has 1 aromatic carbocycles. The summed E-state index contributed by atoms with van der Waals surface area (Å²) < 4.78 is 42.6. The Balaban J connectivity index is 1.67. The number of benzene rings is 1. The monoisotopic (exact) mass is 470 g/mol. The molecule has 0 saturated carbocycles. The largest absolute Gasteiger partial charge is 0.410 e. The van der Waals surface area contributed by atoms with E-state index in [1.54, 1.807) is 36.4 Å². The van der Waals surface area contributed by atoms with Crippen LogP contribution in [0.1, 0.15) is 33.7 Å². The number of nitrogens with one attached hydrogen (secondary N) is 2. The van der Waals surface area contributed by atoms with Crippen LogP contribution in [0.5, 0.6) is 0 Å². The zero-order chi connectivity index (χ0) is 19.9. The lowest BCUT2D eigenvalue weighted by Crippen LogP contribution is -2.36. The smallest absolute Gasteiger partial charge is 0.362 e. The van der Waals surface area contributed by atoms with Crippen molar-refractivity contribution in [2.45, 2.75) is 24.7 Å². The molecule has 1 aliphatic heterocycles. The molecule has 0 bridgehead atoms. The van der Waals surface area contributed by atoms with Crippen LogP contribution in [0, 0.1) is 0 Å². The van der Waals surface area contributed by atoms with Crippen LogP contribution in [0.15, 0.2) is 52.4 Å². The number of carbonyl (C=O) groups excluding carboxylic acids is 1. The Morgan fingerprint density at radius 1 is 1.29 bits per heavy atom. The molecule has 0 radical (unpaired) electrons. The lowest BCUT2D eigenvalue weighted by Gasteiger charge is -2.33. The minimum Gasteiger partial charge on any atom is -0.362 e. The van der Waals surface area contributed by atoms with Crippen LogP contribution in [0.25, 0.3) is 0 Å². The second-order valence-electron chi connectivity index (χ2n) is 6.32. The highest BCUT2D eigenvalue weighted by atomic mass is 79.9. The Morgan fingerprint density at radius 3 is 2.68 bits per heavy atom. The number of hydrogen-bond acceptors (Lipinski definition) is 4. The molecule has 28 heavy (non-hydrogen) atoms. The molecule has 10 heteroatoms. The predicted molar refractivity (Wildman–Crippen MR) is 105 cm³/mol. The van der Waals surface area contributed by atoms with Gasteiger partial charge in [-0.15, -0.1) is 11.3 Å². The van der Waals surface area contributed by atoms with E-state index in [1.165, 1.54) is 17.5 Å². The van der Waals surface area contributed by atoms with E-state index in [1.807, 2.05) is 5.38 Å². The number of alkyl halides is 3. The van der Waals surface area contributed by atoms with Crippen molar-refractivity contribution in [3.8, 4) is 0 Å². The van der Waals surface area contributed by atoms with Crippen molar-refractivity contribution in [3.05, 3.63) is 62.9 Å². The molecule has 0 fully saturated rings. The van der Waals surface area contributed by atoms with Gasteiger partial charge in [-0.2, -0.15) is 18.3 Å². The molecule has 5 nitrogen and oxygen atoms in total. The van der Waals surface area contributed by atoms with E-state index in [2.05, 4.69) is 31.7 Å². The third-order valence-electron chi connectivity index (χ3n) is 4.47. The molecule has 2 atom stereocenters. The summed E-state index contributed by atoms with van der Waals surface area (Å²) >= 11 is 4.68. The predicted octanol–water partition coefficient (Wildman–Crippen LogP) is 5.62. The number of halogens is 4. The summed E-state index contributed by atoms with van der Waals surface area (Å²) in [5.41, 5.74) is 0.601. The van der Waals surface area contributed by atoms with Gasteiger partial charge in [0, 0.05) is 21.5 Å². The van der Waals surface area contributed by atoms with Crippen LogP contribution in [-0.4, -0.2) is 21.9 Å². The average molecular weight is 471 g/mol. The van der Waals surface area contributed by atoms with Crippen LogP contribution in [-0.2, 0) is 0 Å². The van der Waals surface area contributed by atoms with Crippen molar-refractivity contribution in [3.63, 3.8) is 0 Å². The van der Waals surface area contributed by atoms with E-state index >= 15 is 0 Å². The van der Waals surface area contributed by atoms with Gasteiger partial charge < -0.3 is 10.6 Å². The first-order chi connectivity index (χ1) is 13.3. The highest BCUT2D eigenvalue weighted by molar-refractivity contribution is 9.10. The van der Waals surface area contributed by atoms with Gasteiger partial charge in [-0.05, 0) is 35.7 Å². The number of nitrogens with zero attached hydrogens (tertiary/aromatic N) is 2. The highest BCUT2D eigenvalue weighted by Crippen LogP contribution is 2.45. The van der Waals surface area contributed by atoms with Gasteiger partial charge in [0.1, 0.15) is 11.4 Å². The number of thiophene rings is 1. The lowest BCUT2D eigenvalue weighted by molar-refractivity contribution is -0.173. The van der Waals surface area contributed by atoms with Crippen molar-refractivity contribution in [1.29, 1.82) is 0 Å². The summed E-state index contributed by atoms with van der Waals surface area (Å²) in [4.78, 5) is 13.5. The first kappa shape index (κ1) is 19.0. The fourth-order valence-corrected chi connectivity index (χ4v) is 4.19. The molecular weight excluding hydrogens is 457 g/mol. The minimum atomic E-state index is -4.47. The van der Waals surface area contributed by atoms with Gasteiger partial charge in [0.25, 0.3) is 5.91 Å². The minimum absolute atomic E-state index is 0.0680. The SMILES string of the molecule is O=C(Nc1ccc(Br)cc1)c1cnn2c1N[C@H](c1cccs1)C[C@H]2C(F)(F)F. The maximum absolute atomic E-state index is 13.6. The molecule has 1 aliphatic rings. The summed E-state index contributed by atoms with van der Waals surface area (Å²) in [5.74, 6) is -0.453. The van der Waals surface area contributed by atoms with E-state index in [-0.39, 0.29) is 17.8 Å². The van der Waals surface area contributed by atoms with E-state index in [9.17, 15) is 18.0 Å². The van der Waals surface area contributed by atoms with Gasteiger partial charge in [-0.25, -0.2) is 4.68 Å². The Kier molecular flexibility index (Phi) is 4.92. The number of aromatic nitrogens is 2. The molecule has 1 amide bonds. The second kappa shape index (κ2) is 7.25. The zero-order valence-electron chi connectivity index (χ0n) is 14.2. The Labute approximate surface area is 170 Å². The number of rotatable bonds is 3. The van der Waals surface area contributed by atoms with Gasteiger partial charge >= 0.3 is 6.18 Å². The van der Waals surface area contributed by atoms with Gasteiger partial charge in [0.2, 0.25) is 0 Å². The Hall–Kier alpha value is -2.33. The first-order valence-corrected chi connectivity index (χ1v) is 10.0. The van der Waals surface area contributed by atoms with Crippen LogP contribution < -0.4 is 10.6 Å². The number of anilines is 2. The topological polar surface area (TPSA) is 59.0 Å². The average Bonchev–Trinajstić information content (AvgIpc) is 3.31. The molecule has 2 aromatic heterocycles. The Morgan fingerprint density at radius 2 is 2.04 bits per heavy atom. The second-order valence-corrected chi connectivity index (χ2v) is 8.21. The molecule has 2 N–H and O–H groups in total. The fraction of sp³-hybridized carbons (Fsp3) is 0.222. The third kappa shape index (κ3) is 3.66. The molecule has 4 rings (SSSR count). The first-order valence-electron chi connectivity index (χ1n) is 8.34. The summed E-state index contributed by atoms with van der Waals surface area (Å²) in [5, 5.41) is 11.4. The number of hydrogen-bond donors (Lipinski definition) is 2. The fourth-order valence-electron chi connectivity index (χ4n) is 3.14. The van der Waals surface area contributed by atoms with E-state index < -0.39 is 24.2 Å². The Bertz CT molecular complexity index is 985. The van der Waals surface area contributed by atoms with Gasteiger partial charge in [-0.1, -0.05) is 22.0 Å². The van der Waals surface area contributed by atoms with Crippen LogP contribution >= 0.6 is 27.3 Å². The van der Waals surface area contributed by atoms with Crippen LogP contribution in [0.2, 0.25) is 0 Å². The number of carbonyl (C=O) groups is 1. The maximum atomic E-state index is 13.6. The summed E-state index contributed by atoms with van der Waals surface area (Å²) in [6, 6.07) is 8.12. The quantitative estimate of drug-likeness (QED) is 0.522. The number of amides is 1. The standard InChI is InChI=1S/C18H14BrF3N4OS/c19-10-3-5-11(6-4-10)24-17(27)12-9-23-26-15(18(20,21)22)8-13(25-16(12)26)14-2-1-7-28-14/h1-7,9,13,15,25H,8H2,(H,24,27)/t13-,15-/m0/s1. The molecule has 3 aromatic rings. The summed E-state index contributed by atoms with van der Waals surface area (Å²) in [6.07, 6.45) is -3.49. The molecular formula is C18H14BrF3N4OS. The number of fused-ring (bicyclic) bond motifs is 1. The molecule has 146 valence electrons. The summed E-state index contributed by atoms with van der Waals surface area (Å²) in [7, 11) is 0. The lowest BCUT2D eigenvalue weighted by atomic mass is 10.0. The zero-order valence-corrected chi connectivity index (χ0v) is 16.6. The normalized spacial score (nSPS) is 19.0. The third-order valence-corrected chi connectivity index (χ3v) is 5.99. The molecule has 0 unspecified atom stereocenters. The van der Waals surface area contributed by atoms with Crippen LogP contribution in [0.3, 0.4) is 0 Å². The van der Waals surface area contributed by atoms with Gasteiger partial charge in [0.05, 0.1) is 12.2 Å². The summed E-state index contributed by atoms with van der Waals surface area (Å²) in [6.45, 7) is 0. The van der Waals surface area contributed by atoms with Crippen molar-refractivity contribution in [2.24, 2.45) is 0 Å². The van der Waals surface area contributed by atoms with Gasteiger partial charge in [-0.3, -0.25) is 4.79 Å². The molecule has 0 aliphatic carbocycles. The van der Waals surface area contributed by atoms with Crippen molar-refractivity contribution >= 4 is 44.7 Å². The molecule has 0 saturated heterocycles. The van der Waals surface area contributed by atoms with Crippen molar-refractivity contribution in [1.82, 2.24) is 9.78 Å². The van der Waals surface area contributed by atoms with Crippen molar-refractivity contribution < 1.29 is 18.0 Å². The molecule has 3 heterocycles. The van der Waals surface area contributed by atoms with E-state index in [4.69, 9.17) is 0 Å². The maximum Gasteiger partial charge on any atom is 0.410 e. The van der Waals surface area contributed by atoms with Crippen LogP contribution in [0.4, 0.5) is 24.7 Å². The van der Waals surface area contributed by atoms with E-state index in [0.29, 0.717) is 5.69 Å². The van der Waals surface area contributed by atoms with E-state index in [0.717, 1.165) is 14.0 Å². The molecule has 0 spiro atoms. The van der Waals surface area contributed by atoms with Crippen molar-refractivity contribution in [2.75, 3.05) is 10.6 Å². The van der Waals surface area contributed by atoms with Gasteiger partial charge in [0.15, 0.2) is 6.04 Å². The highest BCUT2D eigenvalue weighted by Gasteiger charge is 2.47.